The first-order valence-electron chi connectivity index (χ1n) is 10.3. The average Bonchev–Trinajstić information content (AvgIpc) is 3.10. The third kappa shape index (κ3) is 5.44. The Hall–Kier alpha value is -3.32. The van der Waals surface area contributed by atoms with Crippen LogP contribution in [0.2, 0.25) is 0 Å². The van der Waals surface area contributed by atoms with E-state index in [1.54, 1.807) is 31.4 Å². The van der Waals surface area contributed by atoms with Gasteiger partial charge in [0.1, 0.15) is 29.9 Å². The zero-order valence-electron chi connectivity index (χ0n) is 18.7. The second-order valence-electron chi connectivity index (χ2n) is 7.70. The Morgan fingerprint density at radius 1 is 1.13 bits per heavy atom. The number of aromatic nitrogens is 1. The van der Waals surface area contributed by atoms with Crippen LogP contribution in [0.25, 0.3) is 0 Å². The van der Waals surface area contributed by atoms with E-state index in [0.29, 0.717) is 24.5 Å². The molecule has 2 N–H and O–H groups in total. The van der Waals surface area contributed by atoms with Gasteiger partial charge >= 0.3 is 0 Å². The Bertz CT molecular complexity index is 992. The van der Waals surface area contributed by atoms with E-state index in [1.807, 2.05) is 38.1 Å². The van der Waals surface area contributed by atoms with Crippen molar-refractivity contribution < 1.29 is 23.7 Å². The van der Waals surface area contributed by atoms with Crippen LogP contribution >= 0.6 is 0 Å². The number of amides is 1. The molecule has 3 aromatic rings. The normalized spacial score (nSPS) is 11.9. The Balaban J connectivity index is 1.61. The van der Waals surface area contributed by atoms with Crippen molar-refractivity contribution in [2.24, 2.45) is 0 Å². The Morgan fingerprint density at radius 2 is 1.84 bits per heavy atom. The standard InChI is InChI=1S/C24H29N3O4/c1-16-21(17(2)31-26-16)15-30-19-12-10-18(11-13-19)24(28)25-14-22(27(3)4)20-8-6-7-9-23(20)29-5/h6-13,22H,14-15H2,1-5H3,(H,25,28)/p+1/t22-/m1/s1. The zero-order valence-corrected chi connectivity index (χ0v) is 18.7. The van der Waals surface area contributed by atoms with Gasteiger partial charge in [-0.25, -0.2) is 0 Å². The lowest BCUT2D eigenvalue weighted by molar-refractivity contribution is -0.890. The van der Waals surface area contributed by atoms with E-state index in [0.717, 1.165) is 28.3 Å². The number of quaternary nitrogens is 1. The van der Waals surface area contributed by atoms with Gasteiger partial charge in [-0.15, -0.1) is 0 Å². The molecule has 164 valence electrons. The van der Waals surface area contributed by atoms with Crippen LogP contribution < -0.4 is 19.7 Å². The molecular weight excluding hydrogens is 394 g/mol. The number of likely N-dealkylation sites (N-methyl/N-ethyl adjacent to an activating group) is 1. The van der Waals surface area contributed by atoms with Crippen molar-refractivity contribution in [3.63, 3.8) is 0 Å². The van der Waals surface area contributed by atoms with Crippen LogP contribution in [0.4, 0.5) is 0 Å². The van der Waals surface area contributed by atoms with Crippen molar-refractivity contribution in [2.75, 3.05) is 27.7 Å². The zero-order chi connectivity index (χ0) is 22.4. The Labute approximate surface area is 182 Å². The van der Waals surface area contributed by atoms with Crippen LogP contribution in [0.5, 0.6) is 11.5 Å². The monoisotopic (exact) mass is 424 g/mol. The van der Waals surface area contributed by atoms with Gasteiger partial charge in [-0.05, 0) is 50.2 Å². The second kappa shape index (κ2) is 10.1. The first-order chi connectivity index (χ1) is 14.9. The molecule has 0 aliphatic heterocycles. The molecule has 1 heterocycles. The summed E-state index contributed by atoms with van der Waals surface area (Å²) in [4.78, 5) is 13.9. The first-order valence-corrected chi connectivity index (χ1v) is 10.3. The van der Waals surface area contributed by atoms with E-state index >= 15 is 0 Å². The fraction of sp³-hybridized carbons (Fsp3) is 0.333. The fourth-order valence-corrected chi connectivity index (χ4v) is 3.44. The molecule has 31 heavy (non-hydrogen) atoms. The number of nitrogens with one attached hydrogen (secondary N) is 2. The number of nitrogens with zero attached hydrogens (tertiary/aromatic N) is 1. The second-order valence-corrected chi connectivity index (χ2v) is 7.70. The van der Waals surface area contributed by atoms with Gasteiger partial charge in [-0.2, -0.15) is 0 Å². The van der Waals surface area contributed by atoms with Crippen LogP contribution in [0.1, 0.15) is 39.0 Å². The van der Waals surface area contributed by atoms with Gasteiger partial charge in [0.25, 0.3) is 5.91 Å². The van der Waals surface area contributed by atoms with Crippen molar-refractivity contribution in [1.82, 2.24) is 10.5 Å². The maximum atomic E-state index is 12.7. The molecule has 0 unspecified atom stereocenters. The number of hydrogen-bond donors (Lipinski definition) is 2. The molecule has 0 spiro atoms. The predicted molar refractivity (Wildman–Crippen MR) is 118 cm³/mol. The molecule has 0 saturated heterocycles. The lowest BCUT2D eigenvalue weighted by Crippen LogP contribution is -3.07. The van der Waals surface area contributed by atoms with Gasteiger partial charge in [-0.3, -0.25) is 4.79 Å². The molecule has 7 heteroatoms. The van der Waals surface area contributed by atoms with Crippen molar-refractivity contribution >= 4 is 5.91 Å². The number of carbonyl (C=O) groups excluding carboxylic acids is 1. The highest BCUT2D eigenvalue weighted by molar-refractivity contribution is 5.94. The van der Waals surface area contributed by atoms with Gasteiger partial charge in [0.2, 0.25) is 0 Å². The summed E-state index contributed by atoms with van der Waals surface area (Å²) in [5.41, 5.74) is 3.40. The van der Waals surface area contributed by atoms with E-state index < -0.39 is 0 Å². The molecule has 7 nitrogen and oxygen atoms in total. The SMILES string of the molecule is COc1ccccc1[C@@H](CNC(=O)c1ccc(OCc2c(C)noc2C)cc1)[NH+](C)C. The molecule has 0 radical (unpaired) electrons. The maximum Gasteiger partial charge on any atom is 0.251 e. The topological polar surface area (TPSA) is 78.0 Å². The maximum absolute atomic E-state index is 12.7. The van der Waals surface area contributed by atoms with Crippen molar-refractivity contribution in [3.8, 4) is 11.5 Å². The van der Waals surface area contributed by atoms with Crippen LogP contribution in [0.3, 0.4) is 0 Å². The van der Waals surface area contributed by atoms with Crippen LogP contribution in [-0.4, -0.2) is 38.8 Å². The molecule has 3 rings (SSSR count). The molecule has 0 aliphatic carbocycles. The summed E-state index contributed by atoms with van der Waals surface area (Å²) < 4.78 is 16.5. The summed E-state index contributed by atoms with van der Waals surface area (Å²) in [6.45, 7) is 4.61. The fourth-order valence-electron chi connectivity index (χ4n) is 3.44. The van der Waals surface area contributed by atoms with E-state index in [1.165, 1.54) is 4.90 Å². The molecule has 0 saturated carbocycles. The molecule has 0 fully saturated rings. The molecule has 1 atom stereocenters. The number of para-hydroxylation sites is 1. The molecule has 1 amide bonds. The summed E-state index contributed by atoms with van der Waals surface area (Å²) in [7, 11) is 5.79. The Morgan fingerprint density at radius 3 is 2.45 bits per heavy atom. The van der Waals surface area contributed by atoms with Gasteiger partial charge in [0, 0.05) is 5.56 Å². The van der Waals surface area contributed by atoms with E-state index in [2.05, 4.69) is 24.6 Å². The Kier molecular flexibility index (Phi) is 7.31. The molecule has 0 bridgehead atoms. The molecular formula is C24H30N3O4+. The highest BCUT2D eigenvalue weighted by Crippen LogP contribution is 2.23. The summed E-state index contributed by atoms with van der Waals surface area (Å²) >= 11 is 0. The van der Waals surface area contributed by atoms with E-state index in [9.17, 15) is 4.79 Å². The summed E-state index contributed by atoms with van der Waals surface area (Å²) in [6.07, 6.45) is 0. The largest absolute Gasteiger partial charge is 0.496 e. The number of aryl methyl sites for hydroxylation is 2. The minimum Gasteiger partial charge on any atom is -0.496 e. The lowest BCUT2D eigenvalue weighted by atomic mass is 10.0. The highest BCUT2D eigenvalue weighted by atomic mass is 16.5. The minimum atomic E-state index is -0.126. The van der Waals surface area contributed by atoms with E-state index in [-0.39, 0.29) is 11.9 Å². The van der Waals surface area contributed by atoms with Crippen molar-refractivity contribution in [3.05, 3.63) is 76.7 Å². The van der Waals surface area contributed by atoms with Crippen LogP contribution in [-0.2, 0) is 6.61 Å². The predicted octanol–water partition coefficient (Wildman–Crippen LogP) is 2.49. The summed E-state index contributed by atoms with van der Waals surface area (Å²) in [6, 6.07) is 15.1. The number of hydrogen-bond acceptors (Lipinski definition) is 5. The number of carbonyl (C=O) groups is 1. The average molecular weight is 425 g/mol. The third-order valence-electron chi connectivity index (χ3n) is 5.36. The minimum absolute atomic E-state index is 0.0674. The molecule has 2 aromatic carbocycles. The number of ether oxygens (including phenoxy) is 2. The quantitative estimate of drug-likeness (QED) is 0.552. The third-order valence-corrected chi connectivity index (χ3v) is 5.36. The summed E-state index contributed by atoms with van der Waals surface area (Å²) in [5, 5.41) is 6.97. The number of methoxy groups -OCH3 is 1. The number of rotatable bonds is 9. The highest BCUT2D eigenvalue weighted by Gasteiger charge is 2.22. The van der Waals surface area contributed by atoms with Gasteiger partial charge < -0.3 is 24.2 Å². The van der Waals surface area contributed by atoms with Gasteiger partial charge in [0.15, 0.2) is 0 Å². The van der Waals surface area contributed by atoms with Gasteiger partial charge in [-0.1, -0.05) is 17.3 Å². The first kappa shape index (κ1) is 22.4. The van der Waals surface area contributed by atoms with E-state index in [4.69, 9.17) is 14.0 Å². The molecule has 0 aliphatic rings. The number of benzene rings is 2. The summed E-state index contributed by atoms with van der Waals surface area (Å²) in [5.74, 6) is 2.13. The van der Waals surface area contributed by atoms with Crippen LogP contribution in [0, 0.1) is 13.8 Å². The molecule has 1 aromatic heterocycles. The van der Waals surface area contributed by atoms with Crippen molar-refractivity contribution in [2.45, 2.75) is 26.5 Å². The smallest absolute Gasteiger partial charge is 0.251 e. The van der Waals surface area contributed by atoms with Crippen LogP contribution in [0.15, 0.2) is 53.1 Å². The van der Waals surface area contributed by atoms with Crippen molar-refractivity contribution in [1.29, 1.82) is 0 Å². The van der Waals surface area contributed by atoms with Gasteiger partial charge in [0.05, 0.1) is 44.6 Å². The lowest BCUT2D eigenvalue weighted by Gasteiger charge is -2.23.